The maximum absolute atomic E-state index is 13.3. The van der Waals surface area contributed by atoms with Crippen molar-refractivity contribution in [1.82, 2.24) is 5.32 Å². The van der Waals surface area contributed by atoms with Crippen molar-refractivity contribution >= 4 is 0 Å². The summed E-state index contributed by atoms with van der Waals surface area (Å²) in [6, 6.07) is 3.92. The van der Waals surface area contributed by atoms with E-state index in [-0.39, 0.29) is 11.6 Å². The van der Waals surface area contributed by atoms with E-state index in [2.05, 4.69) is 5.32 Å². The highest BCUT2D eigenvalue weighted by molar-refractivity contribution is 5.19. The predicted molar refractivity (Wildman–Crippen MR) is 57.3 cm³/mol. The monoisotopic (exact) mass is 227 g/mol. The minimum absolute atomic E-state index is 0.342. The van der Waals surface area contributed by atoms with Crippen LogP contribution in [0.5, 0.6) is 0 Å². The number of hydrogen-bond donors (Lipinski definition) is 1. The number of hydrogen-bond acceptors (Lipinski definition) is 2. The van der Waals surface area contributed by atoms with Crippen molar-refractivity contribution in [2.75, 3.05) is 19.8 Å². The van der Waals surface area contributed by atoms with Gasteiger partial charge in [-0.15, -0.1) is 0 Å². The lowest BCUT2D eigenvalue weighted by molar-refractivity contribution is 0.190. The van der Waals surface area contributed by atoms with Crippen LogP contribution in [0.15, 0.2) is 18.2 Å². The summed E-state index contributed by atoms with van der Waals surface area (Å²) in [5, 5.41) is 3.26. The second-order valence-corrected chi connectivity index (χ2v) is 4.00. The molecule has 1 N–H and O–H groups in total. The van der Waals surface area contributed by atoms with Crippen molar-refractivity contribution in [3.8, 4) is 0 Å². The standard InChI is InChI=1S/C12H15F2NO/c13-10-1-2-12(14)9(7-10)3-5-15-11-4-6-16-8-11/h1-2,7,11,15H,3-6,8H2. The topological polar surface area (TPSA) is 21.3 Å². The summed E-state index contributed by atoms with van der Waals surface area (Å²) in [7, 11) is 0. The Morgan fingerprint density at radius 1 is 1.38 bits per heavy atom. The van der Waals surface area contributed by atoms with Gasteiger partial charge in [0.15, 0.2) is 0 Å². The molecule has 16 heavy (non-hydrogen) atoms. The molecule has 1 unspecified atom stereocenters. The molecule has 88 valence electrons. The molecule has 1 aromatic carbocycles. The van der Waals surface area contributed by atoms with Crippen LogP contribution in [0.1, 0.15) is 12.0 Å². The van der Waals surface area contributed by atoms with Crippen LogP contribution in [0.3, 0.4) is 0 Å². The Morgan fingerprint density at radius 3 is 3.00 bits per heavy atom. The lowest BCUT2D eigenvalue weighted by Gasteiger charge is -2.10. The van der Waals surface area contributed by atoms with Gasteiger partial charge >= 0.3 is 0 Å². The lowest BCUT2D eigenvalue weighted by atomic mass is 10.1. The fourth-order valence-electron chi connectivity index (χ4n) is 1.84. The van der Waals surface area contributed by atoms with Crippen molar-refractivity contribution in [2.45, 2.75) is 18.9 Å². The zero-order chi connectivity index (χ0) is 11.4. The smallest absolute Gasteiger partial charge is 0.126 e. The molecule has 0 aliphatic carbocycles. The van der Waals surface area contributed by atoms with Gasteiger partial charge in [0.1, 0.15) is 11.6 Å². The van der Waals surface area contributed by atoms with E-state index in [4.69, 9.17) is 4.74 Å². The molecule has 1 saturated heterocycles. The first-order chi connectivity index (χ1) is 7.75. The zero-order valence-electron chi connectivity index (χ0n) is 9.01. The van der Waals surface area contributed by atoms with Gasteiger partial charge < -0.3 is 10.1 Å². The maximum Gasteiger partial charge on any atom is 0.126 e. The Balaban J connectivity index is 1.82. The lowest BCUT2D eigenvalue weighted by Crippen LogP contribution is -2.31. The molecule has 0 spiro atoms. The predicted octanol–water partition coefficient (Wildman–Crippen LogP) is 1.89. The first kappa shape index (κ1) is 11.5. The molecule has 1 fully saturated rings. The quantitative estimate of drug-likeness (QED) is 0.848. The van der Waals surface area contributed by atoms with Crippen LogP contribution in [-0.2, 0) is 11.2 Å². The summed E-state index contributed by atoms with van der Waals surface area (Å²) in [6.45, 7) is 2.14. The number of rotatable bonds is 4. The van der Waals surface area contributed by atoms with Crippen LogP contribution < -0.4 is 5.32 Å². The molecule has 1 aliphatic rings. The van der Waals surface area contributed by atoms with Crippen molar-refractivity contribution in [2.24, 2.45) is 0 Å². The fraction of sp³-hybridized carbons (Fsp3) is 0.500. The van der Waals surface area contributed by atoms with E-state index in [1.807, 2.05) is 0 Å². The van der Waals surface area contributed by atoms with E-state index in [9.17, 15) is 8.78 Å². The van der Waals surface area contributed by atoms with Crippen molar-refractivity contribution in [3.63, 3.8) is 0 Å². The number of benzene rings is 1. The molecular formula is C12H15F2NO. The van der Waals surface area contributed by atoms with Crippen molar-refractivity contribution < 1.29 is 13.5 Å². The molecule has 1 aliphatic heterocycles. The Hall–Kier alpha value is -1.00. The van der Waals surface area contributed by atoms with Crippen LogP contribution in [0.25, 0.3) is 0 Å². The molecule has 0 saturated carbocycles. The fourth-order valence-corrected chi connectivity index (χ4v) is 1.84. The molecule has 0 amide bonds. The van der Waals surface area contributed by atoms with E-state index >= 15 is 0 Å². The Kier molecular flexibility index (Phi) is 3.85. The van der Waals surface area contributed by atoms with Crippen LogP contribution in [0, 0.1) is 11.6 Å². The van der Waals surface area contributed by atoms with Gasteiger partial charge in [0, 0.05) is 12.6 Å². The summed E-state index contributed by atoms with van der Waals surface area (Å²) < 4.78 is 31.3. The first-order valence-corrected chi connectivity index (χ1v) is 5.51. The number of halogens is 2. The molecule has 1 heterocycles. The Morgan fingerprint density at radius 2 is 2.25 bits per heavy atom. The molecule has 0 aromatic heterocycles. The van der Waals surface area contributed by atoms with E-state index in [1.54, 1.807) is 0 Å². The molecule has 0 bridgehead atoms. The van der Waals surface area contributed by atoms with Crippen molar-refractivity contribution in [3.05, 3.63) is 35.4 Å². The molecule has 4 heteroatoms. The van der Waals surface area contributed by atoms with Gasteiger partial charge in [-0.1, -0.05) is 0 Å². The highest BCUT2D eigenvalue weighted by atomic mass is 19.1. The summed E-state index contributed by atoms with van der Waals surface area (Å²) in [5.74, 6) is -0.730. The first-order valence-electron chi connectivity index (χ1n) is 5.51. The third kappa shape index (κ3) is 3.00. The van der Waals surface area contributed by atoms with E-state index in [0.717, 1.165) is 19.1 Å². The molecular weight excluding hydrogens is 212 g/mol. The average molecular weight is 227 g/mol. The molecule has 2 rings (SSSR count). The minimum atomic E-state index is -0.388. The van der Waals surface area contributed by atoms with E-state index < -0.39 is 0 Å². The summed E-state index contributed by atoms with van der Waals surface area (Å²) >= 11 is 0. The van der Waals surface area contributed by atoms with Gasteiger partial charge in [-0.25, -0.2) is 8.78 Å². The van der Waals surface area contributed by atoms with Gasteiger partial charge in [0.2, 0.25) is 0 Å². The van der Waals surface area contributed by atoms with Gasteiger partial charge in [0.25, 0.3) is 0 Å². The highest BCUT2D eigenvalue weighted by Crippen LogP contribution is 2.10. The Bertz CT molecular complexity index is 351. The summed E-state index contributed by atoms with van der Waals surface area (Å²) in [6.07, 6.45) is 1.49. The third-order valence-corrected chi connectivity index (χ3v) is 2.76. The number of ether oxygens (including phenoxy) is 1. The normalized spacial score (nSPS) is 20.2. The van der Waals surface area contributed by atoms with Gasteiger partial charge in [-0.05, 0) is 43.1 Å². The van der Waals surface area contributed by atoms with Crippen LogP contribution >= 0.6 is 0 Å². The largest absolute Gasteiger partial charge is 0.380 e. The van der Waals surface area contributed by atoms with Crippen molar-refractivity contribution in [1.29, 1.82) is 0 Å². The van der Waals surface area contributed by atoms with E-state index in [0.29, 0.717) is 31.2 Å². The molecule has 0 radical (unpaired) electrons. The summed E-state index contributed by atoms with van der Waals surface area (Å²) in [5.41, 5.74) is 0.423. The SMILES string of the molecule is Fc1ccc(F)c(CCNC2CCOC2)c1. The van der Waals surface area contributed by atoms with Crippen LogP contribution in [0.4, 0.5) is 8.78 Å². The molecule has 1 aromatic rings. The van der Waals surface area contributed by atoms with Gasteiger partial charge in [-0.3, -0.25) is 0 Å². The second-order valence-electron chi connectivity index (χ2n) is 4.00. The highest BCUT2D eigenvalue weighted by Gasteiger charge is 2.14. The molecule has 1 atom stereocenters. The van der Waals surface area contributed by atoms with E-state index in [1.165, 1.54) is 12.1 Å². The second kappa shape index (κ2) is 5.37. The van der Waals surface area contributed by atoms with Gasteiger partial charge in [-0.2, -0.15) is 0 Å². The van der Waals surface area contributed by atoms with Gasteiger partial charge in [0.05, 0.1) is 6.61 Å². The number of nitrogens with one attached hydrogen (secondary N) is 1. The van der Waals surface area contributed by atoms with Crippen LogP contribution in [0.2, 0.25) is 0 Å². The zero-order valence-corrected chi connectivity index (χ0v) is 9.01. The average Bonchev–Trinajstić information content (AvgIpc) is 2.76. The third-order valence-electron chi connectivity index (χ3n) is 2.76. The van der Waals surface area contributed by atoms with Crippen LogP contribution in [-0.4, -0.2) is 25.8 Å². The Labute approximate surface area is 93.6 Å². The minimum Gasteiger partial charge on any atom is -0.380 e. The summed E-state index contributed by atoms with van der Waals surface area (Å²) in [4.78, 5) is 0. The maximum atomic E-state index is 13.3. The molecule has 2 nitrogen and oxygen atoms in total.